The molecule has 0 saturated carbocycles. The highest BCUT2D eigenvalue weighted by atomic mass is 16.3. The second-order valence-corrected chi connectivity index (χ2v) is 2.98. The fourth-order valence-corrected chi connectivity index (χ4v) is 1.29. The van der Waals surface area contributed by atoms with Crippen LogP contribution in [0.3, 0.4) is 0 Å². The molecule has 1 heterocycles. The molecule has 2 N–H and O–H groups in total. The van der Waals surface area contributed by atoms with Crippen LogP contribution < -0.4 is 5.32 Å². The van der Waals surface area contributed by atoms with Gasteiger partial charge in [-0.15, -0.1) is 0 Å². The van der Waals surface area contributed by atoms with Crippen LogP contribution in [-0.4, -0.2) is 33.0 Å². The van der Waals surface area contributed by atoms with Crippen molar-refractivity contribution in [1.82, 2.24) is 14.8 Å². The minimum atomic E-state index is 0.0711. The van der Waals surface area contributed by atoms with Crippen LogP contribution >= 0.6 is 0 Å². The van der Waals surface area contributed by atoms with E-state index in [1.807, 2.05) is 30.3 Å². The lowest BCUT2D eigenvalue weighted by Gasteiger charge is -2.06. The van der Waals surface area contributed by atoms with Crippen molar-refractivity contribution in [2.24, 2.45) is 0 Å². The topological polar surface area (TPSA) is 63.0 Å². The average molecular weight is 204 g/mol. The lowest BCUT2D eigenvalue weighted by Crippen LogP contribution is -2.11. The maximum atomic E-state index is 8.71. The molecule has 78 valence electrons. The fraction of sp³-hybridized carbons (Fsp3) is 0.200. The quantitative estimate of drug-likeness (QED) is 0.768. The molecule has 0 spiro atoms. The first-order chi connectivity index (χ1) is 7.42. The molecule has 0 bridgehead atoms. The lowest BCUT2D eigenvalue weighted by atomic mass is 10.3. The molecule has 1 aromatic carbocycles. The highest BCUT2D eigenvalue weighted by molar-refractivity contribution is 5.38. The molecule has 0 radical (unpaired) electrons. The number of nitrogens with one attached hydrogen (secondary N) is 1. The highest BCUT2D eigenvalue weighted by Crippen LogP contribution is 2.10. The van der Waals surface area contributed by atoms with Gasteiger partial charge in [0, 0.05) is 6.54 Å². The summed E-state index contributed by atoms with van der Waals surface area (Å²) in [6, 6.07) is 9.71. The van der Waals surface area contributed by atoms with Crippen molar-refractivity contribution in [3.05, 3.63) is 36.7 Å². The average Bonchev–Trinajstić information content (AvgIpc) is 2.75. The number of hydrogen-bond acceptors (Lipinski definition) is 4. The Morgan fingerprint density at radius 2 is 2.07 bits per heavy atom. The van der Waals surface area contributed by atoms with Gasteiger partial charge in [0.25, 0.3) is 0 Å². The summed E-state index contributed by atoms with van der Waals surface area (Å²) >= 11 is 0. The Bertz CT molecular complexity index is 412. The largest absolute Gasteiger partial charge is 0.395 e. The zero-order valence-electron chi connectivity index (χ0n) is 8.17. The first kappa shape index (κ1) is 9.67. The van der Waals surface area contributed by atoms with E-state index in [1.54, 1.807) is 4.68 Å². The number of aliphatic hydroxyl groups excluding tert-OH is 1. The molecule has 0 aliphatic carbocycles. The smallest absolute Gasteiger partial charge is 0.226 e. The predicted molar refractivity (Wildman–Crippen MR) is 56.9 cm³/mol. The zero-order valence-corrected chi connectivity index (χ0v) is 8.17. The summed E-state index contributed by atoms with van der Waals surface area (Å²) < 4.78 is 1.69. The van der Waals surface area contributed by atoms with E-state index < -0.39 is 0 Å². The summed E-state index contributed by atoms with van der Waals surface area (Å²) in [5.41, 5.74) is 0.940. The molecule has 2 rings (SSSR count). The molecule has 1 aromatic heterocycles. The number of rotatable bonds is 4. The number of nitrogens with zero attached hydrogens (tertiary/aromatic N) is 3. The molecule has 0 saturated heterocycles. The monoisotopic (exact) mass is 204 g/mol. The van der Waals surface area contributed by atoms with Gasteiger partial charge in [0.05, 0.1) is 12.3 Å². The van der Waals surface area contributed by atoms with Crippen LogP contribution in [0.4, 0.5) is 5.95 Å². The summed E-state index contributed by atoms with van der Waals surface area (Å²) in [6.45, 7) is 0.535. The molecule has 0 fully saturated rings. The standard InChI is InChI=1S/C10H12N4O/c15-7-6-11-10-12-8-13-14(10)9-4-2-1-3-5-9/h1-5,8,15H,6-7H2,(H,11,12,13). The van der Waals surface area contributed by atoms with E-state index in [0.29, 0.717) is 12.5 Å². The van der Waals surface area contributed by atoms with Gasteiger partial charge in [-0.2, -0.15) is 14.8 Å². The number of hydrogen-bond donors (Lipinski definition) is 2. The first-order valence-corrected chi connectivity index (χ1v) is 4.72. The van der Waals surface area contributed by atoms with Gasteiger partial charge < -0.3 is 10.4 Å². The minimum Gasteiger partial charge on any atom is -0.395 e. The maximum Gasteiger partial charge on any atom is 0.226 e. The summed E-state index contributed by atoms with van der Waals surface area (Å²) in [5.74, 6) is 0.634. The first-order valence-electron chi connectivity index (χ1n) is 4.72. The molecule has 0 aliphatic heterocycles. The van der Waals surface area contributed by atoms with Gasteiger partial charge in [0.1, 0.15) is 6.33 Å². The second-order valence-electron chi connectivity index (χ2n) is 2.98. The van der Waals surface area contributed by atoms with Gasteiger partial charge in [-0.25, -0.2) is 0 Å². The third-order valence-corrected chi connectivity index (χ3v) is 1.94. The third-order valence-electron chi connectivity index (χ3n) is 1.94. The van der Waals surface area contributed by atoms with Crippen molar-refractivity contribution in [2.75, 3.05) is 18.5 Å². The van der Waals surface area contributed by atoms with E-state index in [4.69, 9.17) is 5.11 Å². The van der Waals surface area contributed by atoms with E-state index in [9.17, 15) is 0 Å². The van der Waals surface area contributed by atoms with Crippen LogP contribution in [0.5, 0.6) is 0 Å². The van der Waals surface area contributed by atoms with E-state index in [0.717, 1.165) is 5.69 Å². The van der Waals surface area contributed by atoms with Gasteiger partial charge in [0.15, 0.2) is 0 Å². The summed E-state index contributed by atoms with van der Waals surface area (Å²) in [6.07, 6.45) is 1.48. The van der Waals surface area contributed by atoms with Crippen LogP contribution in [0.15, 0.2) is 36.7 Å². The Kier molecular flexibility index (Phi) is 2.94. The molecule has 0 amide bonds. The number of aliphatic hydroxyl groups is 1. The van der Waals surface area contributed by atoms with Crippen molar-refractivity contribution in [1.29, 1.82) is 0 Å². The van der Waals surface area contributed by atoms with Crippen LogP contribution in [0, 0.1) is 0 Å². The van der Waals surface area contributed by atoms with Gasteiger partial charge in [0.2, 0.25) is 5.95 Å². The SMILES string of the molecule is OCCNc1ncnn1-c1ccccc1. The fourth-order valence-electron chi connectivity index (χ4n) is 1.29. The maximum absolute atomic E-state index is 8.71. The summed E-state index contributed by atoms with van der Waals surface area (Å²) in [5, 5.41) is 15.8. The highest BCUT2D eigenvalue weighted by Gasteiger charge is 2.04. The molecule has 0 unspecified atom stereocenters. The Hall–Kier alpha value is -1.88. The van der Waals surface area contributed by atoms with E-state index in [-0.39, 0.29) is 6.61 Å². The Labute approximate surface area is 87.4 Å². The number of aromatic nitrogens is 3. The number of para-hydroxylation sites is 1. The van der Waals surface area contributed by atoms with Crippen molar-refractivity contribution in [3.63, 3.8) is 0 Å². The van der Waals surface area contributed by atoms with Gasteiger partial charge in [-0.05, 0) is 12.1 Å². The molecule has 0 aliphatic rings. The third kappa shape index (κ3) is 2.13. The number of benzene rings is 1. The van der Waals surface area contributed by atoms with E-state index in [1.165, 1.54) is 6.33 Å². The van der Waals surface area contributed by atoms with Crippen LogP contribution in [0.2, 0.25) is 0 Å². The van der Waals surface area contributed by atoms with Gasteiger partial charge >= 0.3 is 0 Å². The molecule has 5 nitrogen and oxygen atoms in total. The molecular formula is C10H12N4O. The Morgan fingerprint density at radius 3 is 2.80 bits per heavy atom. The van der Waals surface area contributed by atoms with Gasteiger partial charge in [-0.1, -0.05) is 18.2 Å². The van der Waals surface area contributed by atoms with Crippen LogP contribution in [0.25, 0.3) is 5.69 Å². The van der Waals surface area contributed by atoms with Crippen molar-refractivity contribution in [3.8, 4) is 5.69 Å². The Balaban J connectivity index is 2.25. The lowest BCUT2D eigenvalue weighted by molar-refractivity contribution is 0.310. The summed E-state index contributed by atoms with van der Waals surface area (Å²) in [7, 11) is 0. The van der Waals surface area contributed by atoms with Crippen molar-refractivity contribution < 1.29 is 5.11 Å². The normalized spacial score (nSPS) is 10.2. The predicted octanol–water partition coefficient (Wildman–Crippen LogP) is 0.671. The molecule has 0 atom stereocenters. The van der Waals surface area contributed by atoms with Crippen molar-refractivity contribution in [2.45, 2.75) is 0 Å². The van der Waals surface area contributed by atoms with Crippen LogP contribution in [0.1, 0.15) is 0 Å². The summed E-state index contributed by atoms with van der Waals surface area (Å²) in [4.78, 5) is 4.06. The van der Waals surface area contributed by atoms with E-state index in [2.05, 4.69) is 15.4 Å². The zero-order chi connectivity index (χ0) is 10.5. The van der Waals surface area contributed by atoms with Crippen molar-refractivity contribution >= 4 is 5.95 Å². The van der Waals surface area contributed by atoms with E-state index >= 15 is 0 Å². The second kappa shape index (κ2) is 4.56. The number of anilines is 1. The molecule has 15 heavy (non-hydrogen) atoms. The van der Waals surface area contributed by atoms with Crippen LogP contribution in [-0.2, 0) is 0 Å². The molecular weight excluding hydrogens is 192 g/mol. The minimum absolute atomic E-state index is 0.0711. The Morgan fingerprint density at radius 1 is 1.27 bits per heavy atom. The molecule has 5 heteroatoms. The van der Waals surface area contributed by atoms with Gasteiger partial charge in [-0.3, -0.25) is 0 Å². The molecule has 2 aromatic rings.